The second-order valence-corrected chi connectivity index (χ2v) is 11.1. The minimum atomic E-state index is -0.822. The number of rotatable bonds is 10. The van der Waals surface area contributed by atoms with Crippen LogP contribution in [0, 0.1) is 0 Å². The number of hydrogen-bond acceptors (Lipinski definition) is 8. The summed E-state index contributed by atoms with van der Waals surface area (Å²) < 4.78 is 12.3. The molecule has 1 saturated heterocycles. The van der Waals surface area contributed by atoms with E-state index in [1.54, 1.807) is 43.6 Å². The second-order valence-electron chi connectivity index (χ2n) is 10.0. The number of halogens is 2. The van der Waals surface area contributed by atoms with Gasteiger partial charge in [-0.1, -0.05) is 47.5 Å². The third kappa shape index (κ3) is 7.45. The number of aromatic nitrogens is 4. The highest BCUT2D eigenvalue weighted by molar-refractivity contribution is 6.29. The highest BCUT2D eigenvalue weighted by atomic mass is 35.5. The number of imidazole rings is 1. The van der Waals surface area contributed by atoms with Crippen molar-refractivity contribution < 1.29 is 14.3 Å². The summed E-state index contributed by atoms with van der Waals surface area (Å²) in [6.07, 6.45) is 11.6. The molecular formula is C29H33Cl2N7O3. The van der Waals surface area contributed by atoms with Crippen LogP contribution in [0.25, 0.3) is 5.95 Å². The van der Waals surface area contributed by atoms with Gasteiger partial charge in [0.1, 0.15) is 23.0 Å². The third-order valence-electron chi connectivity index (χ3n) is 7.27. The molecule has 216 valence electrons. The van der Waals surface area contributed by atoms with Crippen molar-refractivity contribution >= 4 is 34.9 Å². The Balaban J connectivity index is 1.31. The van der Waals surface area contributed by atoms with E-state index in [1.165, 1.54) is 5.56 Å². The molecule has 1 N–H and O–H groups in total. The molecule has 2 aromatic heterocycles. The topological polar surface area (TPSA) is 97.6 Å². The molecule has 2 atom stereocenters. The fraction of sp³-hybridized carbons (Fsp3) is 0.379. The molecule has 3 aromatic rings. The van der Waals surface area contributed by atoms with Gasteiger partial charge in [-0.2, -0.15) is 4.98 Å². The number of alkyl halides is 1. The number of carbonyl (C=O) groups is 1. The molecule has 1 aliphatic heterocycles. The number of nitrogens with one attached hydrogen (secondary N) is 1. The van der Waals surface area contributed by atoms with Crippen LogP contribution in [0.15, 0.2) is 72.9 Å². The fourth-order valence-electron chi connectivity index (χ4n) is 4.97. The Morgan fingerprint density at radius 2 is 2.02 bits per heavy atom. The van der Waals surface area contributed by atoms with Crippen LogP contribution < -0.4 is 15.0 Å². The van der Waals surface area contributed by atoms with Gasteiger partial charge in [0.2, 0.25) is 11.9 Å². The first kappa shape index (κ1) is 29.1. The summed E-state index contributed by atoms with van der Waals surface area (Å²) in [7, 11) is 3.24. The number of piperazine rings is 1. The van der Waals surface area contributed by atoms with Crippen LogP contribution in [-0.2, 0) is 16.1 Å². The lowest BCUT2D eigenvalue weighted by molar-refractivity contribution is -0.121. The summed E-state index contributed by atoms with van der Waals surface area (Å²) in [6, 6.07) is 9.68. The van der Waals surface area contributed by atoms with E-state index >= 15 is 0 Å². The number of anilines is 1. The zero-order valence-electron chi connectivity index (χ0n) is 23.0. The van der Waals surface area contributed by atoms with Crippen molar-refractivity contribution in [1.82, 2.24) is 29.7 Å². The molecule has 2 aliphatic rings. The summed E-state index contributed by atoms with van der Waals surface area (Å²) in [4.78, 5) is 31.0. The van der Waals surface area contributed by atoms with Crippen LogP contribution in [0.3, 0.4) is 0 Å². The van der Waals surface area contributed by atoms with E-state index in [4.69, 9.17) is 37.7 Å². The van der Waals surface area contributed by atoms with Gasteiger partial charge in [0.15, 0.2) is 5.06 Å². The average molecular weight is 599 g/mol. The molecule has 5 rings (SSSR count). The maximum atomic E-state index is 13.2. The van der Waals surface area contributed by atoms with Crippen LogP contribution in [0.4, 0.5) is 5.82 Å². The number of carbonyl (C=O) groups excluding carboxylic acids is 1. The molecule has 1 aliphatic carbocycles. The van der Waals surface area contributed by atoms with Gasteiger partial charge < -0.3 is 19.7 Å². The number of hydrogen-bond donors (Lipinski definition) is 1. The molecule has 2 unspecified atom stereocenters. The first-order valence-corrected chi connectivity index (χ1v) is 14.1. The standard InChI is InChI=1S/C29H33Cl2N7O3/c1-40-24-5-3-22(4-6-24)18-36-13-14-38(26-16-25(30)34-28(35-26)37-12-11-32-20-37)23(19-36)15-27(39)33-17-21-7-9-29(31,41-2)10-8-21/h3-9,11-12,16,20,23H,10,13-15,17-19H2,1-2H3,(H,33,39). The van der Waals surface area contributed by atoms with E-state index in [0.717, 1.165) is 24.4 Å². The molecule has 0 bridgehead atoms. The molecule has 12 heteroatoms. The normalized spacial score (nSPS) is 21.0. The smallest absolute Gasteiger partial charge is 0.238 e. The SMILES string of the molecule is COc1ccc(CN2CCN(c3cc(Cl)nc(-n4ccnc4)n3)C(CC(=O)NCC3=CCC(Cl)(OC)C=C3)C2)cc1. The van der Waals surface area contributed by atoms with Gasteiger partial charge in [0.05, 0.1) is 13.2 Å². The van der Waals surface area contributed by atoms with Crippen molar-refractivity contribution in [2.75, 3.05) is 45.3 Å². The highest BCUT2D eigenvalue weighted by Gasteiger charge is 2.31. The Morgan fingerprint density at radius 1 is 1.20 bits per heavy atom. The van der Waals surface area contributed by atoms with Crippen molar-refractivity contribution in [2.45, 2.75) is 30.5 Å². The van der Waals surface area contributed by atoms with Gasteiger partial charge in [-0.25, -0.2) is 9.97 Å². The van der Waals surface area contributed by atoms with Crippen molar-refractivity contribution in [1.29, 1.82) is 0 Å². The lowest BCUT2D eigenvalue weighted by Gasteiger charge is -2.42. The molecule has 1 amide bonds. The Hall–Kier alpha value is -3.44. The second kappa shape index (κ2) is 13.0. The number of ether oxygens (including phenoxy) is 2. The van der Waals surface area contributed by atoms with Crippen LogP contribution >= 0.6 is 23.2 Å². The summed E-state index contributed by atoms with van der Waals surface area (Å²) in [6.45, 7) is 3.32. The summed E-state index contributed by atoms with van der Waals surface area (Å²) >= 11 is 12.8. The Kier molecular flexibility index (Phi) is 9.24. The maximum Gasteiger partial charge on any atom is 0.238 e. The lowest BCUT2D eigenvalue weighted by atomic mass is 10.0. The first-order valence-electron chi connectivity index (χ1n) is 13.4. The fourth-order valence-corrected chi connectivity index (χ4v) is 5.28. The van der Waals surface area contributed by atoms with Crippen molar-refractivity contribution in [2.24, 2.45) is 0 Å². The highest BCUT2D eigenvalue weighted by Crippen LogP contribution is 2.28. The quantitative estimate of drug-likeness (QED) is 0.277. The molecule has 1 aromatic carbocycles. The maximum absolute atomic E-state index is 13.2. The number of methoxy groups -OCH3 is 2. The predicted octanol–water partition coefficient (Wildman–Crippen LogP) is 3.99. The van der Waals surface area contributed by atoms with Gasteiger partial charge in [-0.3, -0.25) is 14.3 Å². The monoisotopic (exact) mass is 597 g/mol. The zero-order valence-corrected chi connectivity index (χ0v) is 24.6. The van der Waals surface area contributed by atoms with Gasteiger partial charge in [0, 0.05) is 71.1 Å². The number of amides is 1. The third-order valence-corrected chi connectivity index (χ3v) is 7.90. The van der Waals surface area contributed by atoms with Gasteiger partial charge >= 0.3 is 0 Å². The summed E-state index contributed by atoms with van der Waals surface area (Å²) in [5.41, 5.74) is 2.17. The van der Waals surface area contributed by atoms with Gasteiger partial charge in [-0.05, 0) is 29.3 Å². The summed E-state index contributed by atoms with van der Waals surface area (Å²) in [5, 5.41) is 2.57. The lowest BCUT2D eigenvalue weighted by Crippen LogP contribution is -2.54. The Bertz CT molecular complexity index is 1400. The van der Waals surface area contributed by atoms with Crippen LogP contribution in [0.2, 0.25) is 5.15 Å². The van der Waals surface area contributed by atoms with Crippen molar-refractivity contribution in [3.63, 3.8) is 0 Å². The molecule has 41 heavy (non-hydrogen) atoms. The minimum absolute atomic E-state index is 0.0509. The average Bonchev–Trinajstić information content (AvgIpc) is 3.53. The zero-order chi connectivity index (χ0) is 28.8. The molecule has 3 heterocycles. The van der Waals surface area contributed by atoms with Gasteiger partial charge in [0.25, 0.3) is 0 Å². The van der Waals surface area contributed by atoms with Crippen molar-refractivity contribution in [3.8, 4) is 11.7 Å². The largest absolute Gasteiger partial charge is 0.497 e. The number of benzene rings is 1. The van der Waals surface area contributed by atoms with Crippen LogP contribution in [0.5, 0.6) is 5.75 Å². The molecular weight excluding hydrogens is 565 g/mol. The Morgan fingerprint density at radius 3 is 2.71 bits per heavy atom. The molecule has 1 fully saturated rings. The van der Waals surface area contributed by atoms with E-state index in [2.05, 4.69) is 37.2 Å². The van der Waals surface area contributed by atoms with Crippen molar-refractivity contribution in [3.05, 3.63) is 83.6 Å². The van der Waals surface area contributed by atoms with E-state index in [0.29, 0.717) is 43.0 Å². The first-order chi connectivity index (χ1) is 19.8. The van der Waals surface area contributed by atoms with E-state index in [1.807, 2.05) is 30.4 Å². The van der Waals surface area contributed by atoms with E-state index in [9.17, 15) is 4.79 Å². The van der Waals surface area contributed by atoms with Crippen LogP contribution in [-0.4, -0.2) is 81.8 Å². The van der Waals surface area contributed by atoms with Gasteiger partial charge in [-0.15, -0.1) is 0 Å². The van der Waals surface area contributed by atoms with Crippen LogP contribution in [0.1, 0.15) is 18.4 Å². The van der Waals surface area contributed by atoms with E-state index < -0.39 is 5.06 Å². The van der Waals surface area contributed by atoms with E-state index in [-0.39, 0.29) is 18.4 Å². The molecule has 0 radical (unpaired) electrons. The molecule has 0 saturated carbocycles. The predicted molar refractivity (Wildman–Crippen MR) is 159 cm³/mol. The number of nitrogens with zero attached hydrogens (tertiary/aromatic N) is 6. The summed E-state index contributed by atoms with van der Waals surface area (Å²) in [5.74, 6) is 1.87. The molecule has 10 nitrogen and oxygen atoms in total. The minimum Gasteiger partial charge on any atom is -0.497 e. The molecule has 0 spiro atoms. The Labute approximate surface area is 249 Å².